The first-order valence-corrected chi connectivity index (χ1v) is 5.48. The first-order valence-electron chi connectivity index (χ1n) is 5.10. The van der Waals surface area contributed by atoms with E-state index >= 15 is 0 Å². The van der Waals surface area contributed by atoms with Crippen molar-refractivity contribution in [1.29, 1.82) is 0 Å². The molecule has 6 heteroatoms. The molecule has 2 rings (SSSR count). The molecule has 0 aliphatic carbocycles. The van der Waals surface area contributed by atoms with Crippen molar-refractivity contribution < 1.29 is 0 Å². The highest BCUT2D eigenvalue weighted by Crippen LogP contribution is 2.21. The van der Waals surface area contributed by atoms with E-state index in [1.54, 1.807) is 18.5 Å². The number of aromatic nitrogens is 4. The van der Waals surface area contributed by atoms with Crippen LogP contribution in [0.2, 0.25) is 5.28 Å². The fourth-order valence-electron chi connectivity index (χ4n) is 1.52. The van der Waals surface area contributed by atoms with Crippen LogP contribution in [0.15, 0.2) is 31.6 Å². The molecule has 5 nitrogen and oxygen atoms in total. The molecule has 0 aliphatic heterocycles. The van der Waals surface area contributed by atoms with Crippen LogP contribution in [0.4, 0.5) is 5.82 Å². The summed E-state index contributed by atoms with van der Waals surface area (Å²) in [5.74, 6) is 0.652. The molecule has 2 heterocycles. The Balaban J connectivity index is 2.56. The minimum atomic E-state index is 0.174. The summed E-state index contributed by atoms with van der Waals surface area (Å²) in [7, 11) is 0. The number of rotatable bonds is 5. The van der Waals surface area contributed by atoms with Gasteiger partial charge in [-0.1, -0.05) is 12.2 Å². The van der Waals surface area contributed by atoms with E-state index in [0.29, 0.717) is 24.6 Å². The van der Waals surface area contributed by atoms with Crippen LogP contribution in [0.5, 0.6) is 0 Å². The van der Waals surface area contributed by atoms with Gasteiger partial charge in [0.25, 0.3) is 0 Å². The van der Waals surface area contributed by atoms with Gasteiger partial charge in [-0.05, 0) is 11.6 Å². The summed E-state index contributed by atoms with van der Waals surface area (Å²) >= 11 is 5.83. The number of hydrogen-bond acceptors (Lipinski definition) is 4. The van der Waals surface area contributed by atoms with E-state index in [0.717, 1.165) is 5.52 Å². The van der Waals surface area contributed by atoms with E-state index in [1.165, 1.54) is 0 Å². The van der Waals surface area contributed by atoms with Crippen LogP contribution in [0, 0.1) is 0 Å². The Morgan fingerprint density at radius 2 is 2.18 bits per heavy atom. The molecule has 0 spiro atoms. The molecular formula is C11H12ClN5. The molecule has 17 heavy (non-hydrogen) atoms. The van der Waals surface area contributed by atoms with Crippen molar-refractivity contribution >= 4 is 28.6 Å². The standard InChI is InChI=1S/C11H12ClN5/c1-3-5-13-9-8-10(16-11(12)15-9)14-7-17(8)6-4-2/h3-4,7H,1-2,5-6H2,(H,13,15,16). The zero-order valence-electron chi connectivity index (χ0n) is 9.23. The van der Waals surface area contributed by atoms with Crippen molar-refractivity contribution in [2.45, 2.75) is 6.54 Å². The largest absolute Gasteiger partial charge is 0.365 e. The third-order valence-corrected chi connectivity index (χ3v) is 2.35. The topological polar surface area (TPSA) is 55.6 Å². The average Bonchev–Trinajstić information content (AvgIpc) is 2.69. The van der Waals surface area contributed by atoms with Gasteiger partial charge in [0.05, 0.1) is 6.33 Å². The fraction of sp³-hybridized carbons (Fsp3) is 0.182. The summed E-state index contributed by atoms with van der Waals surface area (Å²) in [6.07, 6.45) is 5.22. The lowest BCUT2D eigenvalue weighted by molar-refractivity contribution is 0.849. The number of nitrogens with one attached hydrogen (secondary N) is 1. The number of fused-ring (bicyclic) bond motifs is 1. The lowest BCUT2D eigenvalue weighted by atomic mass is 10.4. The van der Waals surface area contributed by atoms with Crippen LogP contribution in [0.1, 0.15) is 0 Å². The van der Waals surface area contributed by atoms with Gasteiger partial charge in [-0.15, -0.1) is 13.2 Å². The Kier molecular flexibility index (Phi) is 3.39. The van der Waals surface area contributed by atoms with Gasteiger partial charge in [-0.2, -0.15) is 9.97 Å². The number of allylic oxidation sites excluding steroid dienone is 1. The highest BCUT2D eigenvalue weighted by atomic mass is 35.5. The first kappa shape index (κ1) is 11.6. The van der Waals surface area contributed by atoms with Gasteiger partial charge in [-0.25, -0.2) is 4.98 Å². The van der Waals surface area contributed by atoms with Gasteiger partial charge in [0.15, 0.2) is 11.5 Å². The lowest BCUT2D eigenvalue weighted by Gasteiger charge is -2.07. The highest BCUT2D eigenvalue weighted by molar-refractivity contribution is 6.28. The Morgan fingerprint density at radius 3 is 2.88 bits per heavy atom. The third-order valence-electron chi connectivity index (χ3n) is 2.18. The molecule has 0 aromatic carbocycles. The fourth-order valence-corrected chi connectivity index (χ4v) is 1.69. The Hall–Kier alpha value is -1.88. The van der Waals surface area contributed by atoms with Crippen LogP contribution in [-0.2, 0) is 6.54 Å². The molecule has 0 bridgehead atoms. The summed E-state index contributed by atoms with van der Waals surface area (Å²) in [5, 5.41) is 3.29. The van der Waals surface area contributed by atoms with Crippen molar-refractivity contribution in [2.24, 2.45) is 0 Å². The molecule has 0 radical (unpaired) electrons. The minimum absolute atomic E-state index is 0.174. The Bertz CT molecular complexity index is 560. The normalized spacial score (nSPS) is 10.4. The number of anilines is 1. The Morgan fingerprint density at radius 1 is 1.35 bits per heavy atom. The number of halogens is 1. The second-order valence-corrected chi connectivity index (χ2v) is 3.71. The number of imidazole rings is 1. The molecule has 88 valence electrons. The van der Waals surface area contributed by atoms with E-state index in [9.17, 15) is 0 Å². The molecule has 0 saturated heterocycles. The smallest absolute Gasteiger partial charge is 0.226 e. The predicted molar refractivity (Wildman–Crippen MR) is 69.2 cm³/mol. The van der Waals surface area contributed by atoms with Crippen molar-refractivity contribution in [3.63, 3.8) is 0 Å². The van der Waals surface area contributed by atoms with Gasteiger partial charge < -0.3 is 9.88 Å². The van der Waals surface area contributed by atoms with Crippen LogP contribution in [-0.4, -0.2) is 26.1 Å². The number of hydrogen-bond donors (Lipinski definition) is 1. The molecule has 0 fully saturated rings. The maximum absolute atomic E-state index is 5.83. The van der Waals surface area contributed by atoms with Gasteiger partial charge in [0.1, 0.15) is 5.52 Å². The second kappa shape index (κ2) is 4.97. The maximum Gasteiger partial charge on any atom is 0.226 e. The van der Waals surface area contributed by atoms with Gasteiger partial charge >= 0.3 is 0 Å². The molecule has 0 amide bonds. The molecule has 0 atom stereocenters. The molecule has 0 aliphatic rings. The molecule has 0 saturated carbocycles. The quantitative estimate of drug-likeness (QED) is 0.652. The monoisotopic (exact) mass is 249 g/mol. The summed E-state index contributed by atoms with van der Waals surface area (Å²) < 4.78 is 1.91. The van der Waals surface area contributed by atoms with Crippen molar-refractivity contribution in [3.8, 4) is 0 Å². The van der Waals surface area contributed by atoms with Gasteiger partial charge in [0.2, 0.25) is 5.28 Å². The lowest BCUT2D eigenvalue weighted by Crippen LogP contribution is -2.05. The summed E-state index contributed by atoms with van der Waals surface area (Å²) in [5.41, 5.74) is 1.38. The van der Waals surface area contributed by atoms with E-state index in [-0.39, 0.29) is 5.28 Å². The van der Waals surface area contributed by atoms with Crippen LogP contribution in [0.3, 0.4) is 0 Å². The molecule has 2 aromatic rings. The SMILES string of the molecule is C=CCNc1nc(Cl)nc2ncn(CC=C)c12. The van der Waals surface area contributed by atoms with E-state index in [2.05, 4.69) is 33.4 Å². The molecule has 0 unspecified atom stereocenters. The van der Waals surface area contributed by atoms with Crippen LogP contribution < -0.4 is 5.32 Å². The van der Waals surface area contributed by atoms with Crippen molar-refractivity contribution in [2.75, 3.05) is 11.9 Å². The highest BCUT2D eigenvalue weighted by Gasteiger charge is 2.11. The second-order valence-electron chi connectivity index (χ2n) is 3.37. The van der Waals surface area contributed by atoms with E-state index < -0.39 is 0 Å². The summed E-state index contributed by atoms with van der Waals surface area (Å²) in [6.45, 7) is 8.59. The molecular weight excluding hydrogens is 238 g/mol. The van der Waals surface area contributed by atoms with Gasteiger partial charge in [-0.3, -0.25) is 0 Å². The van der Waals surface area contributed by atoms with Crippen LogP contribution in [0.25, 0.3) is 11.2 Å². The first-order chi connectivity index (χ1) is 8.26. The Labute approximate surface area is 104 Å². The maximum atomic E-state index is 5.83. The zero-order valence-corrected chi connectivity index (χ0v) is 9.98. The average molecular weight is 250 g/mol. The van der Waals surface area contributed by atoms with Crippen LogP contribution >= 0.6 is 11.6 Å². The third kappa shape index (κ3) is 2.29. The zero-order chi connectivity index (χ0) is 12.3. The number of nitrogens with zero attached hydrogens (tertiary/aromatic N) is 4. The van der Waals surface area contributed by atoms with Crippen molar-refractivity contribution in [1.82, 2.24) is 19.5 Å². The summed E-state index contributed by atoms with van der Waals surface area (Å²) in [6, 6.07) is 0. The minimum Gasteiger partial charge on any atom is -0.365 e. The van der Waals surface area contributed by atoms with E-state index in [1.807, 2.05) is 4.57 Å². The van der Waals surface area contributed by atoms with E-state index in [4.69, 9.17) is 11.6 Å². The van der Waals surface area contributed by atoms with Crippen molar-refractivity contribution in [3.05, 3.63) is 36.9 Å². The predicted octanol–water partition coefficient (Wildman–Crippen LogP) is 2.26. The van der Waals surface area contributed by atoms with Gasteiger partial charge in [0, 0.05) is 13.1 Å². The molecule has 2 aromatic heterocycles. The summed E-state index contributed by atoms with van der Waals surface area (Å²) in [4.78, 5) is 12.4. The molecule has 1 N–H and O–H groups in total.